The lowest BCUT2D eigenvalue weighted by atomic mass is 10.2. The molecule has 0 unspecified atom stereocenters. The third-order valence-electron chi connectivity index (χ3n) is 5.84. The fourth-order valence-electron chi connectivity index (χ4n) is 3.93. The number of amides is 1. The number of rotatable bonds is 7. The van der Waals surface area contributed by atoms with E-state index in [2.05, 4.69) is 5.32 Å². The van der Waals surface area contributed by atoms with Gasteiger partial charge in [-0.25, -0.2) is 16.8 Å². The molecule has 0 atom stereocenters. The fourth-order valence-corrected chi connectivity index (χ4v) is 6.76. The van der Waals surface area contributed by atoms with E-state index in [9.17, 15) is 21.6 Å². The lowest BCUT2D eigenvalue weighted by Crippen LogP contribution is -2.35. The van der Waals surface area contributed by atoms with Crippen molar-refractivity contribution >= 4 is 31.5 Å². The standard InChI is InChI=1S/C25H26N2O6S2/c1-33-24-15-14-22(35(31,32)27-16-6-3-7-17-27)18-23(24)25(28)26-19-10-12-21(13-11-19)34(29,30)20-8-4-2-5-9-20/h2,4-5,8-15,18H,3,6-7,16-17H2,1H3,(H,26,28). The molecule has 0 aliphatic carbocycles. The van der Waals surface area contributed by atoms with Crippen LogP contribution in [0.2, 0.25) is 0 Å². The second-order valence-corrected chi connectivity index (χ2v) is 12.0. The Bertz CT molecular complexity index is 1410. The highest BCUT2D eigenvalue weighted by molar-refractivity contribution is 7.91. The minimum atomic E-state index is -3.73. The maximum absolute atomic E-state index is 13.1. The Morgan fingerprint density at radius 2 is 1.40 bits per heavy atom. The number of carbonyl (C=O) groups excluding carboxylic acids is 1. The average molecular weight is 515 g/mol. The molecular formula is C25H26N2O6S2. The van der Waals surface area contributed by atoms with Crippen LogP contribution in [0.15, 0.2) is 87.5 Å². The predicted octanol–water partition coefficient (Wildman–Crippen LogP) is 3.95. The molecule has 1 fully saturated rings. The SMILES string of the molecule is COc1ccc(S(=O)(=O)N2CCCCC2)cc1C(=O)Nc1ccc(S(=O)(=O)c2ccccc2)cc1. The van der Waals surface area contributed by atoms with Crippen molar-refractivity contribution in [2.45, 2.75) is 33.9 Å². The minimum Gasteiger partial charge on any atom is -0.496 e. The number of nitrogens with zero attached hydrogens (tertiary/aromatic N) is 1. The van der Waals surface area contributed by atoms with Crippen molar-refractivity contribution in [1.82, 2.24) is 4.31 Å². The van der Waals surface area contributed by atoms with Crippen LogP contribution in [-0.2, 0) is 19.9 Å². The topological polar surface area (TPSA) is 110 Å². The van der Waals surface area contributed by atoms with Gasteiger partial charge in [-0.2, -0.15) is 4.31 Å². The number of sulfone groups is 1. The van der Waals surface area contributed by atoms with Crippen LogP contribution in [0.25, 0.3) is 0 Å². The molecule has 1 heterocycles. The second kappa shape index (κ2) is 10.2. The molecule has 4 rings (SSSR count). The molecule has 1 amide bonds. The summed E-state index contributed by atoms with van der Waals surface area (Å²) in [5.41, 5.74) is 0.417. The van der Waals surface area contributed by atoms with Gasteiger partial charge in [0.2, 0.25) is 19.9 Å². The number of ether oxygens (including phenoxy) is 1. The van der Waals surface area contributed by atoms with Crippen LogP contribution in [0.3, 0.4) is 0 Å². The molecule has 0 saturated carbocycles. The summed E-state index contributed by atoms with van der Waals surface area (Å²) in [6, 6.07) is 18.0. The van der Waals surface area contributed by atoms with Gasteiger partial charge < -0.3 is 10.1 Å². The first-order chi connectivity index (χ1) is 16.7. The Balaban J connectivity index is 1.57. The van der Waals surface area contributed by atoms with Gasteiger partial charge >= 0.3 is 0 Å². The van der Waals surface area contributed by atoms with E-state index >= 15 is 0 Å². The van der Waals surface area contributed by atoms with E-state index in [1.165, 1.54) is 66.0 Å². The summed E-state index contributed by atoms with van der Waals surface area (Å²) in [5, 5.41) is 2.69. The highest BCUT2D eigenvalue weighted by Crippen LogP contribution is 2.28. The predicted molar refractivity (Wildman–Crippen MR) is 132 cm³/mol. The number of piperidine rings is 1. The number of anilines is 1. The third kappa shape index (κ3) is 5.24. The Morgan fingerprint density at radius 3 is 2.03 bits per heavy atom. The van der Waals surface area contributed by atoms with E-state index in [0.29, 0.717) is 18.8 Å². The van der Waals surface area contributed by atoms with Crippen LogP contribution in [0.1, 0.15) is 29.6 Å². The van der Waals surface area contributed by atoms with Gasteiger partial charge in [-0.15, -0.1) is 0 Å². The maximum atomic E-state index is 13.1. The van der Waals surface area contributed by atoms with Crippen molar-refractivity contribution in [3.8, 4) is 5.75 Å². The summed E-state index contributed by atoms with van der Waals surface area (Å²) in [6.45, 7) is 0.905. The molecule has 10 heteroatoms. The number of benzene rings is 3. The van der Waals surface area contributed by atoms with Crippen molar-refractivity contribution < 1.29 is 26.4 Å². The first kappa shape index (κ1) is 24.9. The first-order valence-electron chi connectivity index (χ1n) is 11.1. The molecule has 8 nitrogen and oxygen atoms in total. The molecule has 0 aromatic heterocycles. The number of methoxy groups -OCH3 is 1. The summed E-state index contributed by atoms with van der Waals surface area (Å²) in [5.74, 6) is -0.348. The van der Waals surface area contributed by atoms with Crippen molar-refractivity contribution in [2.75, 3.05) is 25.5 Å². The van der Waals surface area contributed by atoms with Crippen LogP contribution in [0.5, 0.6) is 5.75 Å². The molecule has 1 saturated heterocycles. The molecule has 1 aliphatic heterocycles. The van der Waals surface area contributed by atoms with Gasteiger partial charge in [0.25, 0.3) is 5.91 Å². The van der Waals surface area contributed by atoms with Gasteiger partial charge in [0.1, 0.15) is 5.75 Å². The smallest absolute Gasteiger partial charge is 0.259 e. The molecule has 0 bridgehead atoms. The summed E-state index contributed by atoms with van der Waals surface area (Å²) in [7, 11) is -6.02. The van der Waals surface area contributed by atoms with E-state index < -0.39 is 25.8 Å². The summed E-state index contributed by atoms with van der Waals surface area (Å²) in [4.78, 5) is 13.3. The zero-order chi connectivity index (χ0) is 25.1. The Morgan fingerprint density at radius 1 is 0.800 bits per heavy atom. The molecule has 3 aromatic carbocycles. The van der Waals surface area contributed by atoms with Crippen LogP contribution in [-0.4, -0.2) is 47.2 Å². The molecule has 1 aliphatic rings. The molecular weight excluding hydrogens is 488 g/mol. The molecule has 184 valence electrons. The average Bonchev–Trinajstić information content (AvgIpc) is 2.89. The molecule has 35 heavy (non-hydrogen) atoms. The normalized spacial score (nSPS) is 14.9. The number of nitrogens with one attached hydrogen (secondary N) is 1. The lowest BCUT2D eigenvalue weighted by molar-refractivity contribution is 0.102. The third-order valence-corrected chi connectivity index (χ3v) is 9.52. The van der Waals surface area contributed by atoms with E-state index in [4.69, 9.17) is 4.74 Å². The fraction of sp³-hybridized carbons (Fsp3) is 0.240. The number of carbonyl (C=O) groups is 1. The maximum Gasteiger partial charge on any atom is 0.259 e. The number of hydrogen-bond donors (Lipinski definition) is 1. The summed E-state index contributed by atoms with van der Waals surface area (Å²) < 4.78 is 58.4. The molecule has 0 radical (unpaired) electrons. The van der Waals surface area contributed by atoms with Crippen LogP contribution in [0.4, 0.5) is 5.69 Å². The molecule has 1 N–H and O–H groups in total. The van der Waals surface area contributed by atoms with Gasteiger partial charge in [0.05, 0.1) is 27.4 Å². The van der Waals surface area contributed by atoms with E-state index in [-0.39, 0.29) is 26.0 Å². The number of hydrogen-bond acceptors (Lipinski definition) is 6. The minimum absolute atomic E-state index is 0.0228. The second-order valence-electron chi connectivity index (χ2n) is 8.12. The number of sulfonamides is 1. The molecule has 0 spiro atoms. The Kier molecular flexibility index (Phi) is 7.25. The van der Waals surface area contributed by atoms with Crippen molar-refractivity contribution in [1.29, 1.82) is 0 Å². The Labute approximate surface area is 205 Å². The zero-order valence-corrected chi connectivity index (χ0v) is 20.8. The zero-order valence-electron chi connectivity index (χ0n) is 19.2. The van der Waals surface area contributed by atoms with Gasteiger partial charge in [-0.1, -0.05) is 24.6 Å². The van der Waals surface area contributed by atoms with Crippen molar-refractivity contribution in [2.24, 2.45) is 0 Å². The highest BCUT2D eigenvalue weighted by atomic mass is 32.2. The van der Waals surface area contributed by atoms with Crippen molar-refractivity contribution in [3.63, 3.8) is 0 Å². The lowest BCUT2D eigenvalue weighted by Gasteiger charge is -2.26. The highest BCUT2D eigenvalue weighted by Gasteiger charge is 2.28. The summed E-state index contributed by atoms with van der Waals surface area (Å²) >= 11 is 0. The Hall–Kier alpha value is -3.21. The van der Waals surface area contributed by atoms with Gasteiger partial charge in [-0.05, 0) is 67.4 Å². The summed E-state index contributed by atoms with van der Waals surface area (Å²) in [6.07, 6.45) is 2.60. The van der Waals surface area contributed by atoms with E-state index in [0.717, 1.165) is 19.3 Å². The van der Waals surface area contributed by atoms with Crippen LogP contribution >= 0.6 is 0 Å². The quantitative estimate of drug-likeness (QED) is 0.511. The van der Waals surface area contributed by atoms with Crippen LogP contribution < -0.4 is 10.1 Å². The molecule has 3 aromatic rings. The van der Waals surface area contributed by atoms with E-state index in [1.54, 1.807) is 18.2 Å². The van der Waals surface area contributed by atoms with Gasteiger partial charge in [0, 0.05) is 18.8 Å². The van der Waals surface area contributed by atoms with Crippen LogP contribution in [0, 0.1) is 0 Å². The van der Waals surface area contributed by atoms with Crippen molar-refractivity contribution in [3.05, 3.63) is 78.4 Å². The monoisotopic (exact) mass is 514 g/mol. The van der Waals surface area contributed by atoms with E-state index in [1.807, 2.05) is 0 Å². The van der Waals surface area contributed by atoms with Gasteiger partial charge in [-0.3, -0.25) is 4.79 Å². The van der Waals surface area contributed by atoms with Gasteiger partial charge in [0.15, 0.2) is 0 Å². The first-order valence-corrected chi connectivity index (χ1v) is 14.1. The largest absolute Gasteiger partial charge is 0.496 e.